The van der Waals surface area contributed by atoms with Crippen molar-refractivity contribution in [1.82, 2.24) is 5.32 Å². The molecule has 0 aliphatic rings. The van der Waals surface area contributed by atoms with Gasteiger partial charge in [-0.05, 0) is 43.5 Å². The quantitative estimate of drug-likeness (QED) is 0.662. The number of hydrogen-bond acceptors (Lipinski definition) is 2. The fraction of sp³-hybridized carbons (Fsp3) is 0.600. The molecule has 0 fully saturated rings. The first-order valence-corrected chi connectivity index (χ1v) is 6.79. The van der Waals surface area contributed by atoms with Gasteiger partial charge in [0.05, 0.1) is 0 Å². The number of rotatable bonds is 9. The Hall–Kier alpha value is -1.02. The van der Waals surface area contributed by atoms with Crippen LogP contribution in [0, 0.1) is 0 Å². The van der Waals surface area contributed by atoms with Gasteiger partial charge in [-0.15, -0.1) is 0 Å². The molecule has 0 atom stereocenters. The molecule has 96 valence electrons. The van der Waals surface area contributed by atoms with E-state index in [1.54, 1.807) is 0 Å². The SMILES string of the molecule is CCCCc1ccc(OCCNCCC)cc1. The minimum absolute atomic E-state index is 0.744. The van der Waals surface area contributed by atoms with Crippen LogP contribution in [0.15, 0.2) is 24.3 Å². The highest BCUT2D eigenvalue weighted by Gasteiger charge is 1.95. The van der Waals surface area contributed by atoms with E-state index in [4.69, 9.17) is 4.74 Å². The van der Waals surface area contributed by atoms with E-state index in [2.05, 4.69) is 43.4 Å². The standard InChI is InChI=1S/C15H25NO/c1-3-5-6-14-7-9-15(10-8-14)17-13-12-16-11-4-2/h7-10,16H,3-6,11-13H2,1-2H3. The van der Waals surface area contributed by atoms with Crippen LogP contribution in [0.1, 0.15) is 38.7 Å². The Morgan fingerprint density at radius 2 is 1.76 bits per heavy atom. The molecule has 0 aromatic heterocycles. The molecule has 0 saturated carbocycles. The van der Waals surface area contributed by atoms with Crippen LogP contribution in [0.2, 0.25) is 0 Å². The molecule has 2 nitrogen and oxygen atoms in total. The number of aryl methyl sites for hydroxylation is 1. The Morgan fingerprint density at radius 3 is 2.41 bits per heavy atom. The van der Waals surface area contributed by atoms with E-state index >= 15 is 0 Å². The second kappa shape index (κ2) is 9.06. The summed E-state index contributed by atoms with van der Waals surface area (Å²) in [5, 5.41) is 3.32. The Balaban J connectivity index is 2.20. The summed E-state index contributed by atoms with van der Waals surface area (Å²) < 4.78 is 5.65. The normalized spacial score (nSPS) is 10.5. The third-order valence-corrected chi connectivity index (χ3v) is 2.72. The van der Waals surface area contributed by atoms with Crippen LogP contribution in [0.25, 0.3) is 0 Å². The Bertz CT molecular complexity index is 281. The van der Waals surface area contributed by atoms with Crippen molar-refractivity contribution in [2.75, 3.05) is 19.7 Å². The van der Waals surface area contributed by atoms with E-state index in [1.165, 1.54) is 31.2 Å². The number of nitrogens with one attached hydrogen (secondary N) is 1. The predicted molar refractivity (Wildman–Crippen MR) is 73.7 cm³/mol. The van der Waals surface area contributed by atoms with Gasteiger partial charge in [0.1, 0.15) is 12.4 Å². The molecule has 0 aliphatic heterocycles. The van der Waals surface area contributed by atoms with Gasteiger partial charge in [0, 0.05) is 6.54 Å². The van der Waals surface area contributed by atoms with Crippen molar-refractivity contribution in [3.63, 3.8) is 0 Å². The second-order valence-electron chi connectivity index (χ2n) is 4.35. The summed E-state index contributed by atoms with van der Waals surface area (Å²) in [4.78, 5) is 0. The number of hydrogen-bond donors (Lipinski definition) is 1. The molecule has 1 N–H and O–H groups in total. The highest BCUT2D eigenvalue weighted by molar-refractivity contribution is 5.27. The first-order valence-electron chi connectivity index (χ1n) is 6.79. The van der Waals surface area contributed by atoms with E-state index in [0.29, 0.717) is 0 Å². The summed E-state index contributed by atoms with van der Waals surface area (Å²) in [5.41, 5.74) is 1.41. The van der Waals surface area contributed by atoms with Gasteiger partial charge >= 0.3 is 0 Å². The zero-order valence-corrected chi connectivity index (χ0v) is 11.2. The van der Waals surface area contributed by atoms with Crippen LogP contribution >= 0.6 is 0 Å². The summed E-state index contributed by atoms with van der Waals surface area (Å²) in [7, 11) is 0. The molecule has 1 aromatic rings. The lowest BCUT2D eigenvalue weighted by Gasteiger charge is -2.07. The van der Waals surface area contributed by atoms with Crippen LogP contribution in [-0.4, -0.2) is 19.7 Å². The van der Waals surface area contributed by atoms with Gasteiger partial charge in [-0.2, -0.15) is 0 Å². The zero-order chi connectivity index (χ0) is 12.3. The lowest BCUT2D eigenvalue weighted by molar-refractivity contribution is 0.314. The third-order valence-electron chi connectivity index (χ3n) is 2.72. The average Bonchev–Trinajstić information content (AvgIpc) is 2.37. The van der Waals surface area contributed by atoms with Crippen LogP contribution < -0.4 is 10.1 Å². The highest BCUT2D eigenvalue weighted by atomic mass is 16.5. The summed E-state index contributed by atoms with van der Waals surface area (Å²) in [6, 6.07) is 8.49. The molecule has 0 unspecified atom stereocenters. The summed E-state index contributed by atoms with van der Waals surface area (Å²) >= 11 is 0. The van der Waals surface area contributed by atoms with Crippen molar-refractivity contribution in [3.05, 3.63) is 29.8 Å². The fourth-order valence-electron chi connectivity index (χ4n) is 1.68. The van der Waals surface area contributed by atoms with Gasteiger partial charge in [-0.3, -0.25) is 0 Å². The third kappa shape index (κ3) is 6.32. The summed E-state index contributed by atoms with van der Waals surface area (Å²) in [6.07, 6.45) is 4.86. The van der Waals surface area contributed by atoms with Crippen LogP contribution in [0.4, 0.5) is 0 Å². The molecule has 1 rings (SSSR count). The van der Waals surface area contributed by atoms with Crippen molar-refractivity contribution >= 4 is 0 Å². The minimum Gasteiger partial charge on any atom is -0.492 e. The van der Waals surface area contributed by atoms with Gasteiger partial charge in [0.15, 0.2) is 0 Å². The Labute approximate surface area is 105 Å². The molecule has 0 bridgehead atoms. The first kappa shape index (κ1) is 14.0. The van der Waals surface area contributed by atoms with E-state index in [0.717, 1.165) is 25.4 Å². The van der Waals surface area contributed by atoms with Gasteiger partial charge in [-0.1, -0.05) is 32.4 Å². The Kier molecular flexibility index (Phi) is 7.48. The molecule has 2 heteroatoms. The van der Waals surface area contributed by atoms with Gasteiger partial charge in [0.25, 0.3) is 0 Å². The van der Waals surface area contributed by atoms with Crippen molar-refractivity contribution in [3.8, 4) is 5.75 Å². The largest absolute Gasteiger partial charge is 0.492 e. The van der Waals surface area contributed by atoms with Crippen molar-refractivity contribution in [1.29, 1.82) is 0 Å². The van der Waals surface area contributed by atoms with Crippen molar-refractivity contribution < 1.29 is 4.74 Å². The highest BCUT2D eigenvalue weighted by Crippen LogP contribution is 2.13. The van der Waals surface area contributed by atoms with Crippen LogP contribution in [0.3, 0.4) is 0 Å². The smallest absolute Gasteiger partial charge is 0.119 e. The van der Waals surface area contributed by atoms with Gasteiger partial charge < -0.3 is 10.1 Å². The summed E-state index contributed by atoms with van der Waals surface area (Å²) in [6.45, 7) is 7.13. The molecule has 0 radical (unpaired) electrons. The Morgan fingerprint density at radius 1 is 1.00 bits per heavy atom. The second-order valence-corrected chi connectivity index (χ2v) is 4.35. The lowest BCUT2D eigenvalue weighted by atomic mass is 10.1. The number of unbranched alkanes of at least 4 members (excludes halogenated alkanes) is 1. The van der Waals surface area contributed by atoms with E-state index in [1.807, 2.05) is 0 Å². The predicted octanol–water partition coefficient (Wildman–Crippen LogP) is 3.41. The molecule has 0 amide bonds. The maximum Gasteiger partial charge on any atom is 0.119 e. The number of benzene rings is 1. The van der Waals surface area contributed by atoms with Crippen LogP contribution in [0.5, 0.6) is 5.75 Å². The lowest BCUT2D eigenvalue weighted by Crippen LogP contribution is -2.21. The average molecular weight is 235 g/mol. The fourth-order valence-corrected chi connectivity index (χ4v) is 1.68. The number of ether oxygens (including phenoxy) is 1. The monoisotopic (exact) mass is 235 g/mol. The molecular formula is C15H25NO. The minimum atomic E-state index is 0.744. The molecule has 0 aliphatic carbocycles. The first-order chi connectivity index (χ1) is 8.36. The van der Waals surface area contributed by atoms with E-state index < -0.39 is 0 Å². The van der Waals surface area contributed by atoms with Crippen LogP contribution in [-0.2, 0) is 6.42 Å². The van der Waals surface area contributed by atoms with E-state index in [9.17, 15) is 0 Å². The molecular weight excluding hydrogens is 210 g/mol. The molecule has 0 saturated heterocycles. The maximum absolute atomic E-state index is 5.65. The molecule has 17 heavy (non-hydrogen) atoms. The summed E-state index contributed by atoms with van der Waals surface area (Å²) in [5.74, 6) is 0.976. The van der Waals surface area contributed by atoms with Gasteiger partial charge in [0.2, 0.25) is 0 Å². The maximum atomic E-state index is 5.65. The van der Waals surface area contributed by atoms with Gasteiger partial charge in [-0.25, -0.2) is 0 Å². The van der Waals surface area contributed by atoms with Crippen molar-refractivity contribution in [2.45, 2.75) is 39.5 Å². The zero-order valence-electron chi connectivity index (χ0n) is 11.2. The van der Waals surface area contributed by atoms with E-state index in [-0.39, 0.29) is 0 Å². The van der Waals surface area contributed by atoms with Crippen molar-refractivity contribution in [2.24, 2.45) is 0 Å². The topological polar surface area (TPSA) is 21.3 Å². The molecule has 0 heterocycles. The molecule has 1 aromatic carbocycles. The molecule has 0 spiro atoms.